The zero-order valence-electron chi connectivity index (χ0n) is 10.2. The van der Waals surface area contributed by atoms with E-state index >= 15 is 0 Å². The average molecular weight is 239 g/mol. The van der Waals surface area contributed by atoms with Crippen molar-refractivity contribution >= 4 is 5.69 Å². The van der Waals surface area contributed by atoms with Crippen molar-refractivity contribution < 1.29 is 5.11 Å². The minimum Gasteiger partial charge on any atom is -0.399 e. The number of aliphatic hydroxyl groups is 1. The van der Waals surface area contributed by atoms with E-state index in [9.17, 15) is 5.11 Å². The van der Waals surface area contributed by atoms with E-state index in [4.69, 9.17) is 5.73 Å². The largest absolute Gasteiger partial charge is 0.399 e. The predicted octanol–water partition coefficient (Wildman–Crippen LogP) is 3.03. The summed E-state index contributed by atoms with van der Waals surface area (Å²) in [6, 6.07) is 16.0. The number of fused-ring (bicyclic) bond motifs is 1. The summed E-state index contributed by atoms with van der Waals surface area (Å²) in [5.74, 6) is 0.181. The van der Waals surface area contributed by atoms with Crippen LogP contribution >= 0.6 is 0 Å². The molecule has 2 atom stereocenters. The molecule has 0 unspecified atom stereocenters. The van der Waals surface area contributed by atoms with Crippen LogP contribution in [0.2, 0.25) is 0 Å². The Morgan fingerprint density at radius 3 is 2.50 bits per heavy atom. The van der Waals surface area contributed by atoms with Crippen molar-refractivity contribution in [2.24, 2.45) is 0 Å². The number of benzene rings is 2. The maximum atomic E-state index is 10.5. The van der Waals surface area contributed by atoms with Crippen LogP contribution in [-0.4, -0.2) is 5.11 Å². The molecular weight excluding hydrogens is 222 g/mol. The van der Waals surface area contributed by atoms with E-state index in [1.54, 1.807) is 0 Å². The third-order valence-electron chi connectivity index (χ3n) is 3.84. The standard InChI is InChI=1S/C16H17NO/c17-13-8-5-12(6-9-13)15-10-7-11-3-1-2-4-14(11)16(15)18/h1-6,8-9,15-16,18H,7,10,17H2/t15-,16+/m1/s1. The van der Waals surface area contributed by atoms with Crippen molar-refractivity contribution in [3.8, 4) is 0 Å². The molecule has 0 aliphatic heterocycles. The van der Waals surface area contributed by atoms with E-state index in [0.717, 1.165) is 24.1 Å². The lowest BCUT2D eigenvalue weighted by Gasteiger charge is -2.30. The van der Waals surface area contributed by atoms with Gasteiger partial charge < -0.3 is 10.8 Å². The van der Waals surface area contributed by atoms with Gasteiger partial charge in [-0.2, -0.15) is 0 Å². The molecule has 0 spiro atoms. The summed E-state index contributed by atoms with van der Waals surface area (Å²) in [4.78, 5) is 0. The van der Waals surface area contributed by atoms with E-state index in [0.29, 0.717) is 0 Å². The molecular formula is C16H17NO. The molecule has 0 radical (unpaired) electrons. The number of nitrogens with two attached hydrogens (primary N) is 1. The van der Waals surface area contributed by atoms with E-state index in [-0.39, 0.29) is 5.92 Å². The molecule has 0 saturated carbocycles. The topological polar surface area (TPSA) is 46.2 Å². The van der Waals surface area contributed by atoms with Gasteiger partial charge in [-0.15, -0.1) is 0 Å². The van der Waals surface area contributed by atoms with Gasteiger partial charge in [0.15, 0.2) is 0 Å². The minimum atomic E-state index is -0.404. The van der Waals surface area contributed by atoms with Crippen molar-refractivity contribution in [3.63, 3.8) is 0 Å². The number of anilines is 1. The Kier molecular flexibility index (Phi) is 2.80. The van der Waals surface area contributed by atoms with E-state index < -0.39 is 6.10 Å². The Morgan fingerprint density at radius 1 is 1.00 bits per heavy atom. The normalized spacial score (nSPS) is 22.5. The van der Waals surface area contributed by atoms with Crippen molar-refractivity contribution in [2.75, 3.05) is 5.73 Å². The Labute approximate surface area is 107 Å². The van der Waals surface area contributed by atoms with Gasteiger partial charge in [-0.25, -0.2) is 0 Å². The zero-order chi connectivity index (χ0) is 12.5. The van der Waals surface area contributed by atoms with Crippen LogP contribution in [0, 0.1) is 0 Å². The van der Waals surface area contributed by atoms with Crippen LogP contribution in [0.25, 0.3) is 0 Å². The first-order valence-corrected chi connectivity index (χ1v) is 6.37. The minimum absolute atomic E-state index is 0.181. The average Bonchev–Trinajstić information content (AvgIpc) is 2.41. The molecule has 0 heterocycles. The van der Waals surface area contributed by atoms with Crippen molar-refractivity contribution in [2.45, 2.75) is 24.9 Å². The number of rotatable bonds is 1. The first kappa shape index (κ1) is 11.3. The first-order chi connectivity index (χ1) is 8.75. The van der Waals surface area contributed by atoms with Crippen molar-refractivity contribution in [3.05, 3.63) is 65.2 Å². The summed E-state index contributed by atoms with van der Waals surface area (Å²) >= 11 is 0. The molecule has 3 rings (SSSR count). The monoisotopic (exact) mass is 239 g/mol. The first-order valence-electron chi connectivity index (χ1n) is 6.37. The van der Waals surface area contributed by atoms with Crippen LogP contribution in [0.1, 0.15) is 35.1 Å². The van der Waals surface area contributed by atoms with Gasteiger partial charge in [0.05, 0.1) is 6.10 Å². The third-order valence-corrected chi connectivity index (χ3v) is 3.84. The van der Waals surface area contributed by atoms with Gasteiger partial charge in [0, 0.05) is 11.6 Å². The van der Waals surface area contributed by atoms with Gasteiger partial charge in [0.1, 0.15) is 0 Å². The molecule has 0 fully saturated rings. The van der Waals surface area contributed by atoms with Crippen LogP contribution in [-0.2, 0) is 6.42 Å². The second-order valence-corrected chi connectivity index (χ2v) is 4.96. The van der Waals surface area contributed by atoms with Gasteiger partial charge in [-0.3, -0.25) is 0 Å². The van der Waals surface area contributed by atoms with Crippen LogP contribution in [0.15, 0.2) is 48.5 Å². The van der Waals surface area contributed by atoms with Gasteiger partial charge >= 0.3 is 0 Å². The van der Waals surface area contributed by atoms with Crippen LogP contribution in [0.3, 0.4) is 0 Å². The molecule has 1 aliphatic rings. The summed E-state index contributed by atoms with van der Waals surface area (Å²) in [6.45, 7) is 0. The summed E-state index contributed by atoms with van der Waals surface area (Å²) in [5, 5.41) is 10.5. The SMILES string of the molecule is Nc1ccc([C@H]2CCc3ccccc3[C@@H]2O)cc1. The number of hydrogen-bond donors (Lipinski definition) is 2. The number of hydrogen-bond acceptors (Lipinski definition) is 2. The second-order valence-electron chi connectivity index (χ2n) is 4.96. The predicted molar refractivity (Wildman–Crippen MR) is 73.3 cm³/mol. The third kappa shape index (κ3) is 1.89. The maximum Gasteiger partial charge on any atom is 0.0861 e. The Balaban J connectivity index is 1.95. The molecule has 3 N–H and O–H groups in total. The molecule has 92 valence electrons. The fourth-order valence-corrected chi connectivity index (χ4v) is 2.83. The Morgan fingerprint density at radius 2 is 1.72 bits per heavy atom. The van der Waals surface area contributed by atoms with Gasteiger partial charge in [0.25, 0.3) is 0 Å². The lowest BCUT2D eigenvalue weighted by Crippen LogP contribution is -2.18. The molecule has 0 amide bonds. The lowest BCUT2D eigenvalue weighted by molar-refractivity contribution is 0.131. The van der Waals surface area contributed by atoms with E-state index in [1.807, 2.05) is 42.5 Å². The fraction of sp³-hybridized carbons (Fsp3) is 0.250. The number of aryl methyl sites for hydroxylation is 1. The molecule has 2 heteroatoms. The van der Waals surface area contributed by atoms with Gasteiger partial charge in [0.2, 0.25) is 0 Å². The summed E-state index contributed by atoms with van der Waals surface area (Å²) in [7, 11) is 0. The molecule has 0 aromatic heterocycles. The highest BCUT2D eigenvalue weighted by atomic mass is 16.3. The lowest BCUT2D eigenvalue weighted by atomic mass is 9.78. The number of aliphatic hydroxyl groups excluding tert-OH is 1. The van der Waals surface area contributed by atoms with Gasteiger partial charge in [-0.1, -0.05) is 36.4 Å². The highest BCUT2D eigenvalue weighted by Crippen LogP contribution is 2.40. The van der Waals surface area contributed by atoms with E-state index in [1.165, 1.54) is 11.1 Å². The highest BCUT2D eigenvalue weighted by molar-refractivity contribution is 5.42. The molecule has 0 bridgehead atoms. The maximum absolute atomic E-state index is 10.5. The van der Waals surface area contributed by atoms with Crippen molar-refractivity contribution in [1.29, 1.82) is 0 Å². The van der Waals surface area contributed by atoms with Crippen molar-refractivity contribution in [1.82, 2.24) is 0 Å². The molecule has 1 aliphatic carbocycles. The fourth-order valence-electron chi connectivity index (χ4n) is 2.83. The number of nitrogen functional groups attached to an aromatic ring is 1. The van der Waals surface area contributed by atoms with Crippen LogP contribution in [0.4, 0.5) is 5.69 Å². The smallest absolute Gasteiger partial charge is 0.0861 e. The highest BCUT2D eigenvalue weighted by Gasteiger charge is 2.28. The Hall–Kier alpha value is -1.80. The summed E-state index contributed by atoms with van der Waals surface area (Å²) < 4.78 is 0. The summed E-state index contributed by atoms with van der Waals surface area (Å²) in [5.41, 5.74) is 9.99. The molecule has 2 aromatic carbocycles. The molecule has 18 heavy (non-hydrogen) atoms. The zero-order valence-corrected chi connectivity index (χ0v) is 10.2. The molecule has 2 aromatic rings. The van der Waals surface area contributed by atoms with Crippen LogP contribution in [0.5, 0.6) is 0 Å². The summed E-state index contributed by atoms with van der Waals surface area (Å²) in [6.07, 6.45) is 1.61. The molecule has 2 nitrogen and oxygen atoms in total. The second kappa shape index (κ2) is 4.46. The van der Waals surface area contributed by atoms with E-state index in [2.05, 4.69) is 6.07 Å². The van der Waals surface area contributed by atoms with Crippen LogP contribution < -0.4 is 5.73 Å². The quantitative estimate of drug-likeness (QED) is 0.751. The molecule has 0 saturated heterocycles. The van der Waals surface area contributed by atoms with Gasteiger partial charge in [-0.05, 0) is 41.7 Å². The Bertz CT molecular complexity index is 547.